The monoisotopic (exact) mass is 342 g/mol. The Labute approximate surface area is 152 Å². The van der Waals surface area contributed by atoms with Crippen LogP contribution in [0.25, 0.3) is 11.1 Å². The van der Waals surface area contributed by atoms with E-state index >= 15 is 0 Å². The van der Waals surface area contributed by atoms with Crippen LogP contribution < -0.4 is 9.47 Å². The highest BCUT2D eigenvalue weighted by Crippen LogP contribution is 2.43. The summed E-state index contributed by atoms with van der Waals surface area (Å²) < 4.78 is 10.7. The van der Waals surface area contributed by atoms with Crippen molar-refractivity contribution in [3.05, 3.63) is 95.1 Å². The van der Waals surface area contributed by atoms with E-state index in [1.807, 2.05) is 72.8 Å². The summed E-state index contributed by atoms with van der Waals surface area (Å²) in [5.74, 6) is 1.52. The Hall–Kier alpha value is -3.33. The van der Waals surface area contributed by atoms with E-state index in [9.17, 15) is 4.79 Å². The highest BCUT2D eigenvalue weighted by molar-refractivity contribution is 6.41. The number of Topliss-reactive ketones (excluding diaryl/α,β-unsaturated/α-hetero) is 1. The van der Waals surface area contributed by atoms with E-state index in [4.69, 9.17) is 9.47 Å². The van der Waals surface area contributed by atoms with Crippen LogP contribution in [-0.4, -0.2) is 20.0 Å². The second-order valence-electron chi connectivity index (χ2n) is 6.09. The number of hydrogen-bond donors (Lipinski definition) is 0. The van der Waals surface area contributed by atoms with Crippen molar-refractivity contribution in [2.24, 2.45) is 0 Å². The Bertz CT molecular complexity index is 1030. The molecule has 0 saturated heterocycles. The number of fused-ring (bicyclic) bond motifs is 1. The van der Waals surface area contributed by atoms with Crippen LogP contribution in [0, 0.1) is 0 Å². The maximum Gasteiger partial charge on any atom is 0.194 e. The Morgan fingerprint density at radius 1 is 0.615 bits per heavy atom. The molecule has 3 aromatic rings. The molecule has 3 heteroatoms. The summed E-state index contributed by atoms with van der Waals surface area (Å²) in [6, 6.07) is 23.2. The van der Waals surface area contributed by atoms with Gasteiger partial charge in [-0.15, -0.1) is 0 Å². The topological polar surface area (TPSA) is 35.5 Å². The lowest BCUT2D eigenvalue weighted by Gasteiger charge is -2.11. The third-order valence-electron chi connectivity index (χ3n) is 4.63. The Morgan fingerprint density at radius 2 is 1.15 bits per heavy atom. The lowest BCUT2D eigenvalue weighted by Crippen LogP contribution is -1.99. The molecule has 0 aliphatic heterocycles. The molecule has 0 aromatic heterocycles. The molecular weight excluding hydrogens is 324 g/mol. The van der Waals surface area contributed by atoms with E-state index in [-0.39, 0.29) is 5.78 Å². The average Bonchev–Trinajstić information content (AvgIpc) is 3.01. The van der Waals surface area contributed by atoms with E-state index in [0.29, 0.717) is 5.57 Å². The maximum atomic E-state index is 13.2. The minimum atomic E-state index is 0.0340. The first kappa shape index (κ1) is 16.2. The van der Waals surface area contributed by atoms with Crippen molar-refractivity contribution >= 4 is 16.9 Å². The van der Waals surface area contributed by atoms with Gasteiger partial charge < -0.3 is 9.47 Å². The van der Waals surface area contributed by atoms with E-state index in [1.165, 1.54) is 0 Å². The zero-order valence-electron chi connectivity index (χ0n) is 14.7. The second kappa shape index (κ2) is 6.52. The lowest BCUT2D eigenvalue weighted by atomic mass is 9.94. The fraction of sp³-hybridized carbons (Fsp3) is 0.0870. The zero-order valence-corrected chi connectivity index (χ0v) is 14.7. The number of ketones is 1. The van der Waals surface area contributed by atoms with Gasteiger partial charge in [-0.25, -0.2) is 0 Å². The van der Waals surface area contributed by atoms with Crippen LogP contribution in [0.1, 0.15) is 27.0 Å². The molecule has 4 rings (SSSR count). The van der Waals surface area contributed by atoms with Crippen LogP contribution in [0.15, 0.2) is 72.8 Å². The number of benzene rings is 3. The smallest absolute Gasteiger partial charge is 0.194 e. The van der Waals surface area contributed by atoms with E-state index < -0.39 is 0 Å². The summed E-state index contributed by atoms with van der Waals surface area (Å²) in [6.45, 7) is 0. The van der Waals surface area contributed by atoms with Crippen molar-refractivity contribution in [2.45, 2.75) is 0 Å². The number of carbonyl (C=O) groups excluding carboxylic acids is 1. The predicted molar refractivity (Wildman–Crippen MR) is 103 cm³/mol. The highest BCUT2D eigenvalue weighted by atomic mass is 16.5. The summed E-state index contributed by atoms with van der Waals surface area (Å²) in [5, 5.41) is 0. The summed E-state index contributed by atoms with van der Waals surface area (Å²) in [4.78, 5) is 13.2. The summed E-state index contributed by atoms with van der Waals surface area (Å²) >= 11 is 0. The summed E-state index contributed by atoms with van der Waals surface area (Å²) in [6.07, 6.45) is 0. The first-order valence-corrected chi connectivity index (χ1v) is 8.40. The third-order valence-corrected chi connectivity index (χ3v) is 4.63. The second-order valence-corrected chi connectivity index (χ2v) is 6.09. The molecule has 0 spiro atoms. The number of rotatable bonds is 4. The molecule has 128 valence electrons. The van der Waals surface area contributed by atoms with Crippen molar-refractivity contribution in [3.8, 4) is 11.5 Å². The van der Waals surface area contributed by atoms with Gasteiger partial charge in [-0.2, -0.15) is 0 Å². The van der Waals surface area contributed by atoms with Crippen LogP contribution >= 0.6 is 0 Å². The van der Waals surface area contributed by atoms with Gasteiger partial charge in [-0.05, 0) is 41.0 Å². The minimum absolute atomic E-state index is 0.0340. The molecule has 1 aliphatic rings. The van der Waals surface area contributed by atoms with Gasteiger partial charge in [-0.3, -0.25) is 4.79 Å². The molecule has 0 heterocycles. The third kappa shape index (κ3) is 2.58. The number of carbonyl (C=O) groups is 1. The fourth-order valence-corrected chi connectivity index (χ4v) is 3.41. The first-order chi connectivity index (χ1) is 12.7. The largest absolute Gasteiger partial charge is 0.497 e. The maximum absolute atomic E-state index is 13.2. The molecule has 0 radical (unpaired) electrons. The van der Waals surface area contributed by atoms with Gasteiger partial charge in [0.15, 0.2) is 5.78 Å². The molecule has 26 heavy (non-hydrogen) atoms. The Morgan fingerprint density at radius 3 is 1.73 bits per heavy atom. The van der Waals surface area contributed by atoms with Gasteiger partial charge in [0, 0.05) is 16.7 Å². The number of hydrogen-bond acceptors (Lipinski definition) is 3. The number of methoxy groups -OCH3 is 2. The van der Waals surface area contributed by atoms with Gasteiger partial charge in [0.05, 0.1) is 14.2 Å². The SMILES string of the molecule is COc1cccc(C2=C(c3cccc(OC)c3)c3ccccc3C2=O)c1. The van der Waals surface area contributed by atoms with Crippen molar-refractivity contribution in [2.75, 3.05) is 14.2 Å². The molecule has 0 N–H and O–H groups in total. The fourth-order valence-electron chi connectivity index (χ4n) is 3.41. The van der Waals surface area contributed by atoms with Gasteiger partial charge >= 0.3 is 0 Å². The molecular formula is C23H18O3. The summed E-state index contributed by atoms with van der Waals surface area (Å²) in [5.41, 5.74) is 5.10. The lowest BCUT2D eigenvalue weighted by molar-refractivity contribution is 0.105. The molecule has 3 aromatic carbocycles. The standard InChI is InChI=1S/C23H18O3/c1-25-17-9-5-7-15(13-17)21-19-11-3-4-12-20(19)23(24)22(21)16-8-6-10-18(14-16)26-2/h3-14H,1-2H3. The summed E-state index contributed by atoms with van der Waals surface area (Å²) in [7, 11) is 3.27. The molecule has 3 nitrogen and oxygen atoms in total. The Balaban J connectivity index is 2.01. The van der Waals surface area contributed by atoms with E-state index in [0.717, 1.165) is 39.3 Å². The van der Waals surface area contributed by atoms with Crippen LogP contribution in [0.5, 0.6) is 11.5 Å². The highest BCUT2D eigenvalue weighted by Gasteiger charge is 2.31. The van der Waals surface area contributed by atoms with Crippen LogP contribution in [0.3, 0.4) is 0 Å². The molecule has 1 aliphatic carbocycles. The van der Waals surface area contributed by atoms with Gasteiger partial charge in [0.1, 0.15) is 11.5 Å². The van der Waals surface area contributed by atoms with Crippen LogP contribution in [0.2, 0.25) is 0 Å². The van der Waals surface area contributed by atoms with Crippen molar-refractivity contribution < 1.29 is 14.3 Å². The first-order valence-electron chi connectivity index (χ1n) is 8.40. The Kier molecular flexibility index (Phi) is 4.05. The normalized spacial score (nSPS) is 12.9. The quantitative estimate of drug-likeness (QED) is 0.679. The van der Waals surface area contributed by atoms with Crippen LogP contribution in [0.4, 0.5) is 0 Å². The minimum Gasteiger partial charge on any atom is -0.497 e. The molecule has 0 unspecified atom stereocenters. The van der Waals surface area contributed by atoms with Crippen molar-refractivity contribution in [1.82, 2.24) is 0 Å². The molecule has 0 amide bonds. The van der Waals surface area contributed by atoms with E-state index in [1.54, 1.807) is 14.2 Å². The van der Waals surface area contributed by atoms with Gasteiger partial charge in [0.2, 0.25) is 0 Å². The number of allylic oxidation sites excluding steroid dienone is 1. The average molecular weight is 342 g/mol. The zero-order chi connectivity index (χ0) is 18.1. The van der Waals surface area contributed by atoms with Gasteiger partial charge in [0.25, 0.3) is 0 Å². The van der Waals surface area contributed by atoms with Crippen molar-refractivity contribution in [1.29, 1.82) is 0 Å². The van der Waals surface area contributed by atoms with Gasteiger partial charge in [-0.1, -0.05) is 48.5 Å². The predicted octanol–water partition coefficient (Wildman–Crippen LogP) is 4.86. The molecule has 0 bridgehead atoms. The van der Waals surface area contributed by atoms with Crippen LogP contribution in [-0.2, 0) is 0 Å². The molecule has 0 fully saturated rings. The van der Waals surface area contributed by atoms with Crippen molar-refractivity contribution in [3.63, 3.8) is 0 Å². The van der Waals surface area contributed by atoms with E-state index in [2.05, 4.69) is 0 Å². The molecule has 0 atom stereocenters. The molecule has 0 saturated carbocycles. The number of ether oxygens (including phenoxy) is 2.